The van der Waals surface area contributed by atoms with E-state index in [1.807, 2.05) is 0 Å². The van der Waals surface area contributed by atoms with Crippen LogP contribution in [-0.4, -0.2) is 46.0 Å². The Bertz CT molecular complexity index is 292. The summed E-state index contributed by atoms with van der Waals surface area (Å²) in [5, 5.41) is 3.38. The zero-order valence-electron chi connectivity index (χ0n) is 10.0. The summed E-state index contributed by atoms with van der Waals surface area (Å²) >= 11 is 0. The van der Waals surface area contributed by atoms with Gasteiger partial charge in [0.05, 0.1) is 11.9 Å². The first-order valence-electron chi connectivity index (χ1n) is 5.87. The third kappa shape index (κ3) is 4.78. The van der Waals surface area contributed by atoms with Gasteiger partial charge in [0.1, 0.15) is 0 Å². The van der Waals surface area contributed by atoms with Crippen molar-refractivity contribution in [3.8, 4) is 0 Å². The molecule has 5 nitrogen and oxygen atoms in total. The van der Waals surface area contributed by atoms with Gasteiger partial charge in [0.15, 0.2) is 0 Å². The van der Waals surface area contributed by atoms with Crippen molar-refractivity contribution in [2.24, 2.45) is 0 Å². The van der Waals surface area contributed by atoms with E-state index in [-0.39, 0.29) is 11.9 Å². The highest BCUT2D eigenvalue weighted by molar-refractivity contribution is 7.89. The summed E-state index contributed by atoms with van der Waals surface area (Å²) < 4.78 is 30.2. The first-order valence-corrected chi connectivity index (χ1v) is 7.52. The molecular formula is C10H22N2O3S. The van der Waals surface area contributed by atoms with Crippen LogP contribution in [0.2, 0.25) is 0 Å². The van der Waals surface area contributed by atoms with Crippen LogP contribution in [-0.2, 0) is 14.8 Å². The quantitative estimate of drug-likeness (QED) is 0.628. The topological polar surface area (TPSA) is 67.4 Å². The van der Waals surface area contributed by atoms with Crippen LogP contribution in [0.25, 0.3) is 0 Å². The lowest BCUT2D eigenvalue weighted by atomic mass is 10.1. The van der Waals surface area contributed by atoms with Crippen molar-refractivity contribution in [1.82, 2.24) is 10.0 Å². The Morgan fingerprint density at radius 2 is 2.12 bits per heavy atom. The molecule has 0 amide bonds. The van der Waals surface area contributed by atoms with E-state index in [0.29, 0.717) is 12.6 Å². The number of nitrogens with one attached hydrogen (secondary N) is 2. The Hall–Kier alpha value is -0.170. The second-order valence-corrected chi connectivity index (χ2v) is 6.17. The molecule has 2 atom stereocenters. The fourth-order valence-electron chi connectivity index (χ4n) is 1.71. The third-order valence-electron chi connectivity index (χ3n) is 2.84. The Morgan fingerprint density at radius 1 is 1.38 bits per heavy atom. The van der Waals surface area contributed by atoms with Crippen molar-refractivity contribution in [2.75, 3.05) is 25.4 Å². The molecule has 6 heteroatoms. The SMILES string of the molecule is CCS(=O)(=O)NCCCNC1CCOC1C. The van der Waals surface area contributed by atoms with Crippen LogP contribution < -0.4 is 10.0 Å². The number of rotatable bonds is 7. The van der Waals surface area contributed by atoms with Gasteiger partial charge in [-0.3, -0.25) is 0 Å². The van der Waals surface area contributed by atoms with Gasteiger partial charge in [0, 0.05) is 19.2 Å². The Kier molecular flexibility index (Phi) is 5.68. The average Bonchev–Trinajstić information content (AvgIpc) is 2.64. The largest absolute Gasteiger partial charge is 0.377 e. The highest BCUT2D eigenvalue weighted by atomic mass is 32.2. The summed E-state index contributed by atoms with van der Waals surface area (Å²) in [6, 6.07) is 0.419. The van der Waals surface area contributed by atoms with Crippen molar-refractivity contribution >= 4 is 10.0 Å². The number of sulfonamides is 1. The second-order valence-electron chi connectivity index (χ2n) is 4.08. The van der Waals surface area contributed by atoms with Gasteiger partial charge >= 0.3 is 0 Å². The smallest absolute Gasteiger partial charge is 0.211 e. The van der Waals surface area contributed by atoms with Gasteiger partial charge in [-0.25, -0.2) is 13.1 Å². The van der Waals surface area contributed by atoms with Crippen molar-refractivity contribution in [1.29, 1.82) is 0 Å². The lowest BCUT2D eigenvalue weighted by Crippen LogP contribution is -2.36. The molecule has 1 heterocycles. The fourth-order valence-corrected chi connectivity index (χ4v) is 2.36. The van der Waals surface area contributed by atoms with Crippen LogP contribution >= 0.6 is 0 Å². The van der Waals surface area contributed by atoms with Gasteiger partial charge in [-0.05, 0) is 33.2 Å². The van der Waals surface area contributed by atoms with Crippen LogP contribution in [0.5, 0.6) is 0 Å². The zero-order chi connectivity index (χ0) is 12.0. The first-order chi connectivity index (χ1) is 7.55. The highest BCUT2D eigenvalue weighted by Crippen LogP contribution is 2.11. The molecule has 16 heavy (non-hydrogen) atoms. The van der Waals surface area contributed by atoms with E-state index in [1.165, 1.54) is 0 Å². The monoisotopic (exact) mass is 250 g/mol. The van der Waals surface area contributed by atoms with Gasteiger partial charge < -0.3 is 10.1 Å². The molecule has 1 aliphatic heterocycles. The molecular weight excluding hydrogens is 228 g/mol. The van der Waals surface area contributed by atoms with E-state index in [2.05, 4.69) is 17.0 Å². The molecule has 0 aromatic carbocycles. The van der Waals surface area contributed by atoms with E-state index in [1.54, 1.807) is 6.92 Å². The molecule has 0 saturated carbocycles. The minimum Gasteiger partial charge on any atom is -0.377 e. The Labute approximate surface area is 98.0 Å². The van der Waals surface area contributed by atoms with Gasteiger partial charge in [-0.1, -0.05) is 0 Å². The molecule has 0 spiro atoms. The van der Waals surface area contributed by atoms with Crippen molar-refractivity contribution in [3.05, 3.63) is 0 Å². The molecule has 1 aliphatic rings. The van der Waals surface area contributed by atoms with E-state index >= 15 is 0 Å². The molecule has 0 aromatic rings. The maximum Gasteiger partial charge on any atom is 0.211 e. The lowest BCUT2D eigenvalue weighted by molar-refractivity contribution is 0.113. The van der Waals surface area contributed by atoms with E-state index < -0.39 is 10.0 Å². The summed E-state index contributed by atoms with van der Waals surface area (Å²) in [5.41, 5.74) is 0. The number of ether oxygens (including phenoxy) is 1. The summed E-state index contributed by atoms with van der Waals surface area (Å²) in [7, 11) is -3.03. The normalized spacial score (nSPS) is 26.1. The van der Waals surface area contributed by atoms with Crippen LogP contribution in [0.3, 0.4) is 0 Å². The first kappa shape index (κ1) is 13.9. The van der Waals surface area contributed by atoms with Crippen molar-refractivity contribution in [3.63, 3.8) is 0 Å². The zero-order valence-corrected chi connectivity index (χ0v) is 10.8. The maximum atomic E-state index is 11.1. The van der Waals surface area contributed by atoms with Crippen LogP contribution in [0.4, 0.5) is 0 Å². The molecule has 0 bridgehead atoms. The highest BCUT2D eigenvalue weighted by Gasteiger charge is 2.22. The van der Waals surface area contributed by atoms with Gasteiger partial charge in [0.25, 0.3) is 0 Å². The molecule has 0 aromatic heterocycles. The maximum absolute atomic E-state index is 11.1. The van der Waals surface area contributed by atoms with Crippen molar-refractivity contribution < 1.29 is 13.2 Å². The molecule has 0 aliphatic carbocycles. The van der Waals surface area contributed by atoms with Crippen molar-refractivity contribution in [2.45, 2.75) is 38.8 Å². The fraction of sp³-hybridized carbons (Fsp3) is 1.00. The van der Waals surface area contributed by atoms with Gasteiger partial charge in [-0.15, -0.1) is 0 Å². The Morgan fingerprint density at radius 3 is 2.69 bits per heavy atom. The lowest BCUT2D eigenvalue weighted by Gasteiger charge is -2.15. The molecule has 96 valence electrons. The predicted octanol–water partition coefficient (Wildman–Crippen LogP) is 0.0828. The molecule has 2 unspecified atom stereocenters. The van der Waals surface area contributed by atoms with E-state index in [4.69, 9.17) is 4.74 Å². The van der Waals surface area contributed by atoms with Gasteiger partial charge in [-0.2, -0.15) is 0 Å². The van der Waals surface area contributed by atoms with E-state index in [9.17, 15) is 8.42 Å². The molecule has 1 saturated heterocycles. The average molecular weight is 250 g/mol. The molecule has 2 N–H and O–H groups in total. The molecule has 1 rings (SSSR count). The minimum absolute atomic E-state index is 0.147. The van der Waals surface area contributed by atoms with Crippen LogP contribution in [0.1, 0.15) is 26.7 Å². The summed E-state index contributed by atoms with van der Waals surface area (Å²) in [4.78, 5) is 0. The molecule has 1 fully saturated rings. The summed E-state index contributed by atoms with van der Waals surface area (Å²) in [5.74, 6) is 0.147. The predicted molar refractivity (Wildman–Crippen MR) is 63.9 cm³/mol. The van der Waals surface area contributed by atoms with Gasteiger partial charge in [0.2, 0.25) is 10.0 Å². The van der Waals surface area contributed by atoms with E-state index in [0.717, 1.165) is 26.0 Å². The van der Waals surface area contributed by atoms with Crippen LogP contribution in [0, 0.1) is 0 Å². The Balaban J connectivity index is 2.04. The third-order valence-corrected chi connectivity index (χ3v) is 4.24. The summed E-state index contributed by atoms with van der Waals surface area (Å²) in [6.07, 6.45) is 2.12. The van der Waals surface area contributed by atoms with Crippen LogP contribution in [0.15, 0.2) is 0 Å². The standard InChI is InChI=1S/C10H22N2O3S/c1-3-16(13,14)12-7-4-6-11-10-5-8-15-9(10)2/h9-12H,3-8H2,1-2H3. The summed E-state index contributed by atoms with van der Waals surface area (Å²) in [6.45, 7) is 5.85. The molecule has 0 radical (unpaired) electrons. The second kappa shape index (κ2) is 6.54. The number of hydrogen-bond acceptors (Lipinski definition) is 4. The minimum atomic E-state index is -3.03. The number of hydrogen-bond donors (Lipinski definition) is 2.